The van der Waals surface area contributed by atoms with Gasteiger partial charge in [0.15, 0.2) is 0 Å². The molecule has 1 N–H and O–H groups in total. The van der Waals surface area contributed by atoms with Crippen LogP contribution in [0.25, 0.3) is 0 Å². The second-order valence-electron chi connectivity index (χ2n) is 6.10. The van der Waals surface area contributed by atoms with Gasteiger partial charge in [-0.2, -0.15) is 0 Å². The average molecular weight is 346 g/mol. The summed E-state index contributed by atoms with van der Waals surface area (Å²) >= 11 is 0. The minimum Gasteiger partial charge on any atom is -0.465 e. The Hall–Kier alpha value is -2.50. The Morgan fingerprint density at radius 1 is 1.24 bits per heavy atom. The van der Waals surface area contributed by atoms with Crippen molar-refractivity contribution in [2.75, 3.05) is 6.61 Å². The highest BCUT2D eigenvalue weighted by Crippen LogP contribution is 2.23. The van der Waals surface area contributed by atoms with E-state index < -0.39 is 0 Å². The van der Waals surface area contributed by atoms with Crippen molar-refractivity contribution in [3.05, 3.63) is 46.2 Å². The fourth-order valence-electron chi connectivity index (χ4n) is 2.98. The summed E-state index contributed by atoms with van der Waals surface area (Å²) in [6, 6.07) is 3.72. The van der Waals surface area contributed by atoms with Gasteiger partial charge in [0.05, 0.1) is 18.7 Å². The Morgan fingerprint density at radius 2 is 1.96 bits per heavy atom. The molecule has 0 fully saturated rings. The molecule has 6 nitrogen and oxygen atoms in total. The van der Waals surface area contributed by atoms with Crippen LogP contribution in [0.2, 0.25) is 0 Å². The fourth-order valence-corrected chi connectivity index (χ4v) is 2.98. The van der Waals surface area contributed by atoms with Gasteiger partial charge in [-0.25, -0.2) is 4.79 Å². The number of carbonyl (C=O) groups excluding carboxylic acids is 2. The van der Waals surface area contributed by atoms with Gasteiger partial charge in [-0.1, -0.05) is 0 Å². The largest absolute Gasteiger partial charge is 0.465 e. The number of ether oxygens (including phenoxy) is 1. The van der Waals surface area contributed by atoms with Crippen molar-refractivity contribution in [3.63, 3.8) is 0 Å². The summed E-state index contributed by atoms with van der Waals surface area (Å²) in [5, 5.41) is 2.85. The lowest BCUT2D eigenvalue weighted by Gasteiger charge is -2.07. The van der Waals surface area contributed by atoms with E-state index in [9.17, 15) is 9.59 Å². The highest BCUT2D eigenvalue weighted by Gasteiger charge is 2.22. The van der Waals surface area contributed by atoms with Gasteiger partial charge in [0.1, 0.15) is 11.5 Å². The van der Waals surface area contributed by atoms with Crippen molar-refractivity contribution in [3.8, 4) is 0 Å². The van der Waals surface area contributed by atoms with Gasteiger partial charge in [-0.15, -0.1) is 0 Å². The summed E-state index contributed by atoms with van der Waals surface area (Å²) in [6.07, 6.45) is 0.908. The van der Waals surface area contributed by atoms with Crippen LogP contribution in [0.5, 0.6) is 0 Å². The predicted octanol–water partition coefficient (Wildman–Crippen LogP) is 2.97. The summed E-state index contributed by atoms with van der Waals surface area (Å²) in [5.74, 6) is 1.20. The molecule has 2 aromatic heterocycles. The Kier molecular flexibility index (Phi) is 6.07. The van der Waals surface area contributed by atoms with Crippen molar-refractivity contribution in [2.45, 2.75) is 47.1 Å². The number of furan rings is 1. The summed E-state index contributed by atoms with van der Waals surface area (Å²) < 4.78 is 12.5. The molecule has 0 aliphatic heterocycles. The molecule has 0 bridgehead atoms. The number of hydrogen-bond donors (Lipinski definition) is 1. The molecule has 0 spiro atoms. The molecule has 2 heterocycles. The van der Waals surface area contributed by atoms with Crippen LogP contribution in [0.4, 0.5) is 0 Å². The van der Waals surface area contributed by atoms with Crippen LogP contribution < -0.4 is 5.32 Å². The SMILES string of the molecule is CCOC(=O)c1c(C)c(CCC(=O)NCc2ccc(C)o2)n(C)c1C. The molecule has 25 heavy (non-hydrogen) atoms. The van der Waals surface area contributed by atoms with Crippen molar-refractivity contribution in [1.82, 2.24) is 9.88 Å². The lowest BCUT2D eigenvalue weighted by atomic mass is 10.1. The summed E-state index contributed by atoms with van der Waals surface area (Å²) in [5.41, 5.74) is 3.32. The standard InChI is InChI=1S/C19H26N2O4/c1-6-24-19(23)18-13(3)16(21(5)14(18)4)9-10-17(22)20-11-15-8-7-12(2)25-15/h7-8H,6,9-11H2,1-5H3,(H,20,22). The number of hydrogen-bond acceptors (Lipinski definition) is 4. The molecule has 0 aliphatic carbocycles. The summed E-state index contributed by atoms with van der Waals surface area (Å²) in [6.45, 7) is 8.17. The molecule has 2 aromatic rings. The molecule has 0 radical (unpaired) electrons. The third-order valence-corrected chi connectivity index (χ3v) is 4.40. The van der Waals surface area contributed by atoms with Crippen molar-refractivity contribution in [1.29, 1.82) is 0 Å². The zero-order valence-electron chi connectivity index (χ0n) is 15.6. The van der Waals surface area contributed by atoms with Crippen LogP contribution in [0.1, 0.15) is 52.2 Å². The van der Waals surface area contributed by atoms with E-state index in [0.29, 0.717) is 31.6 Å². The molecule has 0 saturated carbocycles. The third kappa shape index (κ3) is 4.32. The highest BCUT2D eigenvalue weighted by atomic mass is 16.5. The molecule has 2 rings (SSSR count). The average Bonchev–Trinajstić information content (AvgIpc) is 3.06. The van der Waals surface area contributed by atoms with Gasteiger partial charge in [0.25, 0.3) is 0 Å². The van der Waals surface area contributed by atoms with Gasteiger partial charge in [0.2, 0.25) is 5.91 Å². The summed E-state index contributed by atoms with van der Waals surface area (Å²) in [4.78, 5) is 24.2. The van der Waals surface area contributed by atoms with E-state index >= 15 is 0 Å². The molecule has 0 unspecified atom stereocenters. The maximum atomic E-state index is 12.1. The van der Waals surface area contributed by atoms with Crippen LogP contribution in [0.3, 0.4) is 0 Å². The van der Waals surface area contributed by atoms with Crippen LogP contribution >= 0.6 is 0 Å². The van der Waals surface area contributed by atoms with E-state index in [1.54, 1.807) is 6.92 Å². The Bertz CT molecular complexity index is 771. The zero-order valence-corrected chi connectivity index (χ0v) is 15.6. The summed E-state index contributed by atoms with van der Waals surface area (Å²) in [7, 11) is 1.91. The monoisotopic (exact) mass is 346 g/mol. The second kappa shape index (κ2) is 8.05. The van der Waals surface area contributed by atoms with Crippen LogP contribution in [0, 0.1) is 20.8 Å². The van der Waals surface area contributed by atoms with Gasteiger partial charge in [0, 0.05) is 24.9 Å². The first kappa shape index (κ1) is 18.8. The van der Waals surface area contributed by atoms with Crippen molar-refractivity contribution in [2.24, 2.45) is 7.05 Å². The number of aromatic nitrogens is 1. The molecule has 0 aromatic carbocycles. The van der Waals surface area contributed by atoms with Crippen molar-refractivity contribution < 1.29 is 18.7 Å². The Labute approximate surface area is 148 Å². The van der Waals surface area contributed by atoms with Crippen LogP contribution in [-0.4, -0.2) is 23.1 Å². The van der Waals surface area contributed by atoms with E-state index in [4.69, 9.17) is 9.15 Å². The second-order valence-corrected chi connectivity index (χ2v) is 6.10. The Morgan fingerprint density at radius 3 is 2.56 bits per heavy atom. The maximum Gasteiger partial charge on any atom is 0.340 e. The van der Waals surface area contributed by atoms with E-state index in [1.807, 2.05) is 44.5 Å². The smallest absolute Gasteiger partial charge is 0.340 e. The van der Waals surface area contributed by atoms with Crippen LogP contribution in [0.15, 0.2) is 16.5 Å². The first-order chi connectivity index (χ1) is 11.8. The normalized spacial score (nSPS) is 10.8. The number of nitrogens with zero attached hydrogens (tertiary/aromatic N) is 1. The van der Waals surface area contributed by atoms with E-state index in [2.05, 4.69) is 5.32 Å². The number of esters is 1. The van der Waals surface area contributed by atoms with Crippen molar-refractivity contribution >= 4 is 11.9 Å². The molecule has 0 saturated heterocycles. The third-order valence-electron chi connectivity index (χ3n) is 4.40. The number of nitrogens with one attached hydrogen (secondary N) is 1. The lowest BCUT2D eigenvalue weighted by Crippen LogP contribution is -2.23. The van der Waals surface area contributed by atoms with Gasteiger partial charge in [-0.3, -0.25) is 4.79 Å². The number of carbonyl (C=O) groups is 2. The molecular weight excluding hydrogens is 320 g/mol. The molecular formula is C19H26N2O4. The molecule has 136 valence electrons. The van der Waals surface area contributed by atoms with Gasteiger partial charge < -0.3 is 19.0 Å². The molecule has 1 amide bonds. The van der Waals surface area contributed by atoms with E-state index in [0.717, 1.165) is 28.5 Å². The first-order valence-corrected chi connectivity index (χ1v) is 8.49. The number of rotatable bonds is 7. The molecule has 6 heteroatoms. The molecule has 0 aliphatic rings. The fraction of sp³-hybridized carbons (Fsp3) is 0.474. The topological polar surface area (TPSA) is 73.5 Å². The number of amides is 1. The zero-order chi connectivity index (χ0) is 18.6. The number of aryl methyl sites for hydroxylation is 1. The van der Waals surface area contributed by atoms with E-state index in [1.165, 1.54) is 0 Å². The highest BCUT2D eigenvalue weighted by molar-refractivity contribution is 5.93. The maximum absolute atomic E-state index is 12.1. The van der Waals surface area contributed by atoms with Gasteiger partial charge in [-0.05, 0) is 51.8 Å². The minimum atomic E-state index is -0.308. The minimum absolute atomic E-state index is 0.0509. The van der Waals surface area contributed by atoms with Gasteiger partial charge >= 0.3 is 5.97 Å². The first-order valence-electron chi connectivity index (χ1n) is 8.49. The van der Waals surface area contributed by atoms with E-state index in [-0.39, 0.29) is 11.9 Å². The molecule has 0 atom stereocenters. The van der Waals surface area contributed by atoms with Crippen LogP contribution in [-0.2, 0) is 29.5 Å². The predicted molar refractivity (Wildman–Crippen MR) is 94.5 cm³/mol. The quantitative estimate of drug-likeness (QED) is 0.782. The Balaban J connectivity index is 1.99. The lowest BCUT2D eigenvalue weighted by molar-refractivity contribution is -0.121.